The van der Waals surface area contributed by atoms with Crippen LogP contribution in [0.3, 0.4) is 0 Å². The van der Waals surface area contributed by atoms with Gasteiger partial charge < -0.3 is 4.90 Å². The second-order valence-corrected chi connectivity index (χ2v) is 4.64. The molecule has 0 spiro atoms. The lowest BCUT2D eigenvalue weighted by atomic mass is 10.3. The number of hydrogen-bond acceptors (Lipinski definition) is 4. The zero-order valence-electron chi connectivity index (χ0n) is 9.14. The minimum absolute atomic E-state index is 0.603. The van der Waals surface area contributed by atoms with Crippen LogP contribution in [0, 0.1) is 11.3 Å². The monoisotopic (exact) mass is 229 g/mol. The van der Waals surface area contributed by atoms with Gasteiger partial charge in [-0.25, -0.2) is 4.98 Å². The molecule has 0 N–H and O–H groups in total. The Kier molecular flexibility index (Phi) is 2.88. The highest BCUT2D eigenvalue weighted by Gasteiger charge is 2.08. The summed E-state index contributed by atoms with van der Waals surface area (Å²) >= 11 is 1.54. The summed E-state index contributed by atoms with van der Waals surface area (Å²) in [4.78, 5) is 6.29. The van der Waals surface area contributed by atoms with Gasteiger partial charge in [0.05, 0.1) is 10.2 Å². The molecule has 1 aromatic carbocycles. The van der Waals surface area contributed by atoms with Crippen molar-refractivity contribution in [3.05, 3.63) is 35.5 Å². The standard InChI is InChI=1S/C12H11N3S/c1-15(2)8-9(7-13)12-14-10-5-3-4-6-11(10)16-12/h3-6,8H,1-2H3/b9-8+. The number of benzene rings is 1. The lowest BCUT2D eigenvalue weighted by Crippen LogP contribution is -2.01. The van der Waals surface area contributed by atoms with E-state index in [2.05, 4.69) is 11.1 Å². The Balaban J connectivity index is 2.51. The first-order chi connectivity index (χ1) is 7.70. The summed E-state index contributed by atoms with van der Waals surface area (Å²) in [5.41, 5.74) is 1.55. The highest BCUT2D eigenvalue weighted by molar-refractivity contribution is 7.19. The maximum atomic E-state index is 9.08. The molecule has 80 valence electrons. The summed E-state index contributed by atoms with van der Waals surface area (Å²) in [5, 5.41) is 9.85. The molecule has 3 nitrogen and oxygen atoms in total. The van der Waals surface area contributed by atoms with E-state index < -0.39 is 0 Å². The molecule has 0 amide bonds. The second-order valence-electron chi connectivity index (χ2n) is 3.60. The molecular formula is C12H11N3S. The Bertz CT molecular complexity index is 542. The minimum Gasteiger partial charge on any atom is -0.382 e. The number of allylic oxidation sites excluding steroid dienone is 1. The molecular weight excluding hydrogens is 218 g/mol. The number of nitrogens with zero attached hydrogens (tertiary/aromatic N) is 3. The van der Waals surface area contributed by atoms with E-state index in [1.165, 1.54) is 0 Å². The number of fused-ring (bicyclic) bond motifs is 1. The van der Waals surface area contributed by atoms with Crippen molar-refractivity contribution < 1.29 is 0 Å². The van der Waals surface area contributed by atoms with Crippen LogP contribution >= 0.6 is 11.3 Å². The largest absolute Gasteiger partial charge is 0.382 e. The van der Waals surface area contributed by atoms with Crippen molar-refractivity contribution in [3.63, 3.8) is 0 Å². The molecule has 0 aliphatic carbocycles. The Morgan fingerprint density at radius 2 is 2.19 bits per heavy atom. The van der Waals surface area contributed by atoms with Gasteiger partial charge in [-0.15, -0.1) is 11.3 Å². The summed E-state index contributed by atoms with van der Waals surface area (Å²) in [6, 6.07) is 10.1. The average molecular weight is 229 g/mol. The fourth-order valence-corrected chi connectivity index (χ4v) is 2.30. The number of thiazole rings is 1. The van der Waals surface area contributed by atoms with Crippen molar-refractivity contribution in [1.29, 1.82) is 5.26 Å². The highest BCUT2D eigenvalue weighted by atomic mass is 32.1. The topological polar surface area (TPSA) is 39.9 Å². The number of aromatic nitrogens is 1. The number of rotatable bonds is 2. The van der Waals surface area contributed by atoms with Crippen LogP contribution in [0.25, 0.3) is 15.8 Å². The summed E-state index contributed by atoms with van der Waals surface area (Å²) < 4.78 is 1.11. The summed E-state index contributed by atoms with van der Waals surface area (Å²) in [7, 11) is 3.79. The van der Waals surface area contributed by atoms with E-state index in [0.29, 0.717) is 5.57 Å². The number of nitriles is 1. The Morgan fingerprint density at radius 3 is 2.81 bits per heavy atom. The van der Waals surface area contributed by atoms with E-state index in [9.17, 15) is 0 Å². The van der Waals surface area contributed by atoms with Crippen molar-refractivity contribution in [3.8, 4) is 6.07 Å². The molecule has 0 saturated heterocycles. The van der Waals surface area contributed by atoms with Gasteiger partial charge in [-0.05, 0) is 12.1 Å². The molecule has 1 heterocycles. The van der Waals surface area contributed by atoms with Crippen LogP contribution in [0.4, 0.5) is 0 Å². The molecule has 2 aromatic rings. The first-order valence-electron chi connectivity index (χ1n) is 4.85. The Hall–Kier alpha value is -1.86. The normalized spacial score (nSPS) is 11.4. The summed E-state index contributed by atoms with van der Waals surface area (Å²) in [5.74, 6) is 0. The Morgan fingerprint density at radius 1 is 1.44 bits per heavy atom. The van der Waals surface area contributed by atoms with Gasteiger partial charge >= 0.3 is 0 Å². The zero-order chi connectivity index (χ0) is 11.5. The first kappa shape index (κ1) is 10.7. The molecule has 1 aromatic heterocycles. The first-order valence-corrected chi connectivity index (χ1v) is 5.66. The molecule has 4 heteroatoms. The Labute approximate surface area is 98.3 Å². The lowest BCUT2D eigenvalue weighted by Gasteiger charge is -2.03. The maximum Gasteiger partial charge on any atom is 0.136 e. The van der Waals surface area contributed by atoms with Gasteiger partial charge in [-0.1, -0.05) is 12.1 Å². The van der Waals surface area contributed by atoms with Crippen LogP contribution in [0.15, 0.2) is 30.5 Å². The van der Waals surface area contributed by atoms with Gasteiger partial charge in [0.25, 0.3) is 0 Å². The maximum absolute atomic E-state index is 9.08. The van der Waals surface area contributed by atoms with Gasteiger partial charge in [0, 0.05) is 20.3 Å². The van der Waals surface area contributed by atoms with E-state index in [1.807, 2.05) is 43.3 Å². The van der Waals surface area contributed by atoms with E-state index >= 15 is 0 Å². The van der Waals surface area contributed by atoms with Crippen molar-refractivity contribution in [1.82, 2.24) is 9.88 Å². The molecule has 0 saturated carbocycles. The number of hydrogen-bond donors (Lipinski definition) is 0. The predicted molar refractivity (Wildman–Crippen MR) is 66.9 cm³/mol. The quantitative estimate of drug-likeness (QED) is 0.743. The van der Waals surface area contributed by atoms with E-state index in [0.717, 1.165) is 15.2 Å². The van der Waals surface area contributed by atoms with Crippen molar-refractivity contribution in [2.75, 3.05) is 14.1 Å². The van der Waals surface area contributed by atoms with Crippen LogP contribution in [-0.2, 0) is 0 Å². The predicted octanol–water partition coefficient (Wildman–Crippen LogP) is 2.72. The molecule has 0 aliphatic heterocycles. The average Bonchev–Trinajstić information content (AvgIpc) is 2.68. The van der Waals surface area contributed by atoms with E-state index in [4.69, 9.17) is 5.26 Å². The van der Waals surface area contributed by atoms with Crippen molar-refractivity contribution in [2.24, 2.45) is 0 Å². The second kappa shape index (κ2) is 4.33. The van der Waals surface area contributed by atoms with Crippen molar-refractivity contribution in [2.45, 2.75) is 0 Å². The molecule has 0 radical (unpaired) electrons. The molecule has 0 aliphatic rings. The van der Waals surface area contributed by atoms with Crippen LogP contribution in [-0.4, -0.2) is 24.0 Å². The molecule has 0 unspecified atom stereocenters. The SMILES string of the molecule is CN(C)/C=C(\C#N)c1nc2ccccc2s1. The van der Waals surface area contributed by atoms with Gasteiger partial charge in [0.2, 0.25) is 0 Å². The fraction of sp³-hybridized carbons (Fsp3) is 0.167. The van der Waals surface area contributed by atoms with Crippen LogP contribution in [0.5, 0.6) is 0 Å². The van der Waals surface area contributed by atoms with Gasteiger partial charge in [-0.3, -0.25) is 0 Å². The van der Waals surface area contributed by atoms with E-state index in [-0.39, 0.29) is 0 Å². The van der Waals surface area contributed by atoms with Crippen LogP contribution in [0.1, 0.15) is 5.01 Å². The summed E-state index contributed by atoms with van der Waals surface area (Å²) in [6.45, 7) is 0. The van der Waals surface area contributed by atoms with Crippen molar-refractivity contribution >= 4 is 27.1 Å². The van der Waals surface area contributed by atoms with Gasteiger partial charge in [0.15, 0.2) is 0 Å². The van der Waals surface area contributed by atoms with Crippen LogP contribution < -0.4 is 0 Å². The molecule has 16 heavy (non-hydrogen) atoms. The molecule has 2 rings (SSSR count). The van der Waals surface area contributed by atoms with E-state index in [1.54, 1.807) is 17.5 Å². The highest BCUT2D eigenvalue weighted by Crippen LogP contribution is 2.26. The fourth-order valence-electron chi connectivity index (χ4n) is 1.38. The molecule has 0 atom stereocenters. The third kappa shape index (κ3) is 2.05. The number of para-hydroxylation sites is 1. The zero-order valence-corrected chi connectivity index (χ0v) is 9.95. The smallest absolute Gasteiger partial charge is 0.136 e. The third-order valence-corrected chi connectivity index (χ3v) is 3.10. The van der Waals surface area contributed by atoms with Crippen LogP contribution in [0.2, 0.25) is 0 Å². The third-order valence-electron chi connectivity index (χ3n) is 2.03. The lowest BCUT2D eigenvalue weighted by molar-refractivity contribution is 0.566. The molecule has 0 fully saturated rings. The van der Waals surface area contributed by atoms with Gasteiger partial charge in [-0.2, -0.15) is 5.26 Å². The summed E-state index contributed by atoms with van der Waals surface area (Å²) in [6.07, 6.45) is 1.79. The van der Waals surface area contributed by atoms with Gasteiger partial charge in [0.1, 0.15) is 16.6 Å². The minimum atomic E-state index is 0.603. The molecule has 0 bridgehead atoms.